The van der Waals surface area contributed by atoms with Crippen molar-refractivity contribution in [2.75, 3.05) is 19.7 Å². The van der Waals surface area contributed by atoms with E-state index in [4.69, 9.17) is 4.74 Å². The van der Waals surface area contributed by atoms with E-state index in [9.17, 15) is 9.59 Å². The van der Waals surface area contributed by atoms with Crippen LogP contribution in [0.1, 0.15) is 16.8 Å². The lowest BCUT2D eigenvalue weighted by molar-refractivity contribution is -0.121. The molecule has 2 amide bonds. The van der Waals surface area contributed by atoms with Crippen molar-refractivity contribution in [3.8, 4) is 5.75 Å². The first-order valence-electron chi connectivity index (χ1n) is 7.67. The van der Waals surface area contributed by atoms with Crippen LogP contribution in [0.15, 0.2) is 59.5 Å². The Balaban J connectivity index is 1.59. The van der Waals surface area contributed by atoms with E-state index >= 15 is 0 Å². The van der Waals surface area contributed by atoms with E-state index in [1.165, 1.54) is 0 Å². The fourth-order valence-electron chi connectivity index (χ4n) is 2.01. The minimum Gasteiger partial charge on any atom is -0.493 e. The molecule has 0 aliphatic heterocycles. The van der Waals surface area contributed by atoms with Crippen molar-refractivity contribution in [2.45, 2.75) is 11.3 Å². The first-order chi connectivity index (χ1) is 11.7. The van der Waals surface area contributed by atoms with Gasteiger partial charge in [-0.15, -0.1) is 12.6 Å². The molecule has 5 nitrogen and oxygen atoms in total. The molecular formula is C18H20N2O3S. The summed E-state index contributed by atoms with van der Waals surface area (Å²) in [7, 11) is 0. The van der Waals surface area contributed by atoms with Gasteiger partial charge in [0, 0.05) is 18.0 Å². The van der Waals surface area contributed by atoms with Gasteiger partial charge in [0.15, 0.2) is 0 Å². The quantitative estimate of drug-likeness (QED) is 0.508. The van der Waals surface area contributed by atoms with E-state index < -0.39 is 0 Å². The van der Waals surface area contributed by atoms with Gasteiger partial charge < -0.3 is 15.4 Å². The predicted molar refractivity (Wildman–Crippen MR) is 95.6 cm³/mol. The normalized spacial score (nSPS) is 10.0. The molecule has 0 spiro atoms. The molecule has 6 heteroatoms. The van der Waals surface area contributed by atoms with Gasteiger partial charge in [0.1, 0.15) is 5.75 Å². The number of rotatable bonds is 8. The van der Waals surface area contributed by atoms with E-state index in [0.717, 1.165) is 5.75 Å². The van der Waals surface area contributed by atoms with Crippen molar-refractivity contribution in [3.63, 3.8) is 0 Å². The Morgan fingerprint density at radius 3 is 2.33 bits per heavy atom. The second-order valence-corrected chi connectivity index (χ2v) is 5.52. The molecule has 2 rings (SSSR count). The van der Waals surface area contributed by atoms with Crippen LogP contribution in [0.2, 0.25) is 0 Å². The van der Waals surface area contributed by atoms with Crippen LogP contribution in [-0.4, -0.2) is 31.5 Å². The molecule has 0 heterocycles. The molecule has 24 heavy (non-hydrogen) atoms. The smallest absolute Gasteiger partial charge is 0.252 e. The van der Waals surface area contributed by atoms with Crippen molar-refractivity contribution in [3.05, 3.63) is 60.2 Å². The van der Waals surface area contributed by atoms with Gasteiger partial charge in [-0.2, -0.15) is 0 Å². The fourth-order valence-corrected chi connectivity index (χ4v) is 2.27. The Morgan fingerprint density at radius 1 is 0.917 bits per heavy atom. The number of ether oxygens (including phenoxy) is 1. The summed E-state index contributed by atoms with van der Waals surface area (Å²) in [5, 5.41) is 5.48. The Kier molecular flexibility index (Phi) is 7.17. The van der Waals surface area contributed by atoms with Gasteiger partial charge in [0.25, 0.3) is 5.91 Å². The number of thiol groups is 1. The number of carbonyl (C=O) groups is 2. The van der Waals surface area contributed by atoms with Gasteiger partial charge in [-0.05, 0) is 24.3 Å². The molecule has 0 saturated carbocycles. The van der Waals surface area contributed by atoms with Crippen LogP contribution in [0.25, 0.3) is 0 Å². The van der Waals surface area contributed by atoms with Gasteiger partial charge >= 0.3 is 0 Å². The number of amides is 2. The number of hydrogen-bond acceptors (Lipinski definition) is 4. The molecule has 0 aliphatic carbocycles. The van der Waals surface area contributed by atoms with Gasteiger partial charge in [0.05, 0.1) is 18.6 Å². The van der Waals surface area contributed by atoms with Crippen LogP contribution in [-0.2, 0) is 4.79 Å². The average Bonchev–Trinajstić information content (AvgIpc) is 2.60. The average molecular weight is 344 g/mol. The van der Waals surface area contributed by atoms with Crippen molar-refractivity contribution in [1.82, 2.24) is 10.6 Å². The highest BCUT2D eigenvalue weighted by molar-refractivity contribution is 7.80. The Hall–Kier alpha value is -2.47. The first-order valence-corrected chi connectivity index (χ1v) is 8.12. The zero-order valence-electron chi connectivity index (χ0n) is 13.2. The standard InChI is InChI=1S/C18H20N2O3S/c21-17(10-13-23-14-6-2-1-3-7-14)19-11-12-20-18(22)15-8-4-5-9-16(15)24/h1-9,24H,10-13H2,(H,19,21)(H,20,22). The molecule has 0 aliphatic rings. The summed E-state index contributed by atoms with van der Waals surface area (Å²) in [6, 6.07) is 16.4. The Labute approximate surface area is 146 Å². The van der Waals surface area contributed by atoms with Crippen LogP contribution in [0.3, 0.4) is 0 Å². The lowest BCUT2D eigenvalue weighted by atomic mass is 10.2. The Bertz CT molecular complexity index is 677. The number of carbonyl (C=O) groups excluding carboxylic acids is 2. The molecule has 126 valence electrons. The predicted octanol–water partition coefficient (Wildman–Crippen LogP) is 2.29. The lowest BCUT2D eigenvalue weighted by Gasteiger charge is -2.09. The summed E-state index contributed by atoms with van der Waals surface area (Å²) >= 11 is 4.24. The molecule has 2 N–H and O–H groups in total. The maximum Gasteiger partial charge on any atom is 0.252 e. The van der Waals surface area contributed by atoms with E-state index in [0.29, 0.717) is 30.2 Å². The third-order valence-corrected chi connectivity index (χ3v) is 3.61. The summed E-state index contributed by atoms with van der Waals surface area (Å²) in [5.41, 5.74) is 0.517. The first kappa shape index (κ1) is 17.9. The van der Waals surface area contributed by atoms with E-state index in [2.05, 4.69) is 23.3 Å². The summed E-state index contributed by atoms with van der Waals surface area (Å²) in [5.74, 6) is 0.417. The second kappa shape index (κ2) is 9.62. The summed E-state index contributed by atoms with van der Waals surface area (Å²) in [6.07, 6.45) is 0.266. The van der Waals surface area contributed by atoms with E-state index in [-0.39, 0.29) is 18.2 Å². The minimum absolute atomic E-state index is 0.116. The molecular weight excluding hydrogens is 324 g/mol. The fraction of sp³-hybridized carbons (Fsp3) is 0.222. The topological polar surface area (TPSA) is 67.4 Å². The second-order valence-electron chi connectivity index (χ2n) is 5.03. The zero-order valence-corrected chi connectivity index (χ0v) is 14.1. The molecule has 0 saturated heterocycles. The van der Waals surface area contributed by atoms with Crippen LogP contribution in [0.4, 0.5) is 0 Å². The van der Waals surface area contributed by atoms with E-state index in [1.54, 1.807) is 18.2 Å². The van der Waals surface area contributed by atoms with Gasteiger partial charge in [-0.25, -0.2) is 0 Å². The highest BCUT2D eigenvalue weighted by atomic mass is 32.1. The third kappa shape index (κ3) is 5.96. The van der Waals surface area contributed by atoms with Crippen LogP contribution in [0, 0.1) is 0 Å². The highest BCUT2D eigenvalue weighted by Crippen LogP contribution is 2.12. The zero-order chi connectivity index (χ0) is 17.2. The maximum absolute atomic E-state index is 11.9. The maximum atomic E-state index is 11.9. The van der Waals surface area contributed by atoms with Crippen LogP contribution < -0.4 is 15.4 Å². The van der Waals surface area contributed by atoms with Gasteiger partial charge in [-0.1, -0.05) is 30.3 Å². The van der Waals surface area contributed by atoms with Gasteiger partial charge in [-0.3, -0.25) is 9.59 Å². The van der Waals surface area contributed by atoms with E-state index in [1.807, 2.05) is 36.4 Å². The van der Waals surface area contributed by atoms with Crippen molar-refractivity contribution in [1.29, 1.82) is 0 Å². The summed E-state index contributed by atoms with van der Waals surface area (Å²) in [6.45, 7) is 1.03. The molecule has 2 aromatic carbocycles. The molecule has 2 aromatic rings. The summed E-state index contributed by atoms with van der Waals surface area (Å²) in [4.78, 5) is 24.3. The van der Waals surface area contributed by atoms with Crippen molar-refractivity contribution < 1.29 is 14.3 Å². The molecule has 0 unspecified atom stereocenters. The molecule has 0 aromatic heterocycles. The monoisotopic (exact) mass is 344 g/mol. The molecule has 0 fully saturated rings. The van der Waals surface area contributed by atoms with Crippen LogP contribution in [0.5, 0.6) is 5.75 Å². The van der Waals surface area contributed by atoms with Gasteiger partial charge in [0.2, 0.25) is 5.91 Å². The number of para-hydroxylation sites is 1. The lowest BCUT2D eigenvalue weighted by Crippen LogP contribution is -2.35. The Morgan fingerprint density at radius 2 is 1.58 bits per heavy atom. The molecule has 0 atom stereocenters. The van der Waals surface area contributed by atoms with Crippen LogP contribution >= 0.6 is 12.6 Å². The van der Waals surface area contributed by atoms with Crippen molar-refractivity contribution >= 4 is 24.4 Å². The molecule has 0 bridgehead atoms. The van der Waals surface area contributed by atoms with Crippen molar-refractivity contribution in [2.24, 2.45) is 0 Å². The largest absolute Gasteiger partial charge is 0.493 e. The number of nitrogens with one attached hydrogen (secondary N) is 2. The number of hydrogen-bond donors (Lipinski definition) is 3. The summed E-state index contributed by atoms with van der Waals surface area (Å²) < 4.78 is 5.45. The highest BCUT2D eigenvalue weighted by Gasteiger charge is 2.08. The molecule has 0 radical (unpaired) electrons. The number of benzene rings is 2. The minimum atomic E-state index is -0.206. The SMILES string of the molecule is O=C(CCOc1ccccc1)NCCNC(=O)c1ccccc1S. The third-order valence-electron chi connectivity index (χ3n) is 3.22.